The van der Waals surface area contributed by atoms with Gasteiger partial charge in [0.2, 0.25) is 5.91 Å². The number of amides is 1. The molecule has 1 fully saturated rings. The third kappa shape index (κ3) is 6.13. The third-order valence-corrected chi connectivity index (χ3v) is 4.00. The summed E-state index contributed by atoms with van der Waals surface area (Å²) in [5.74, 6) is 0.677. The molecule has 1 saturated heterocycles. The minimum absolute atomic E-state index is 0. The topological polar surface area (TPSA) is 44.4 Å². The van der Waals surface area contributed by atoms with Crippen molar-refractivity contribution >= 4 is 36.4 Å². The van der Waals surface area contributed by atoms with Crippen LogP contribution < -0.4 is 10.6 Å². The first kappa shape index (κ1) is 21.2. The van der Waals surface area contributed by atoms with Crippen molar-refractivity contribution in [3.8, 4) is 0 Å². The molecule has 0 spiro atoms. The van der Waals surface area contributed by atoms with E-state index in [1.807, 2.05) is 19.1 Å². The minimum Gasteiger partial charge on any atom is -0.326 e. The first-order chi connectivity index (χ1) is 9.56. The molecule has 1 heterocycles. The van der Waals surface area contributed by atoms with Crippen molar-refractivity contribution in [3.63, 3.8) is 0 Å². The van der Waals surface area contributed by atoms with E-state index in [-0.39, 0.29) is 36.6 Å². The lowest BCUT2D eigenvalue weighted by atomic mass is 9.88. The zero-order valence-corrected chi connectivity index (χ0v) is 15.1. The maximum absolute atomic E-state index is 12.1. The predicted octanol–water partition coefficient (Wildman–Crippen LogP) is 2.43. The molecule has 1 aliphatic heterocycles. The number of hydrogen-bond donors (Lipinski definition) is 2. The minimum atomic E-state index is 0. The van der Waals surface area contributed by atoms with Crippen molar-refractivity contribution in [2.45, 2.75) is 13.3 Å². The highest BCUT2D eigenvalue weighted by molar-refractivity contribution is 5.92. The van der Waals surface area contributed by atoms with Gasteiger partial charge in [0, 0.05) is 18.2 Å². The van der Waals surface area contributed by atoms with Crippen LogP contribution in [0.5, 0.6) is 0 Å². The van der Waals surface area contributed by atoms with E-state index < -0.39 is 0 Å². The van der Waals surface area contributed by atoms with Gasteiger partial charge in [-0.1, -0.05) is 19.1 Å². The smallest absolute Gasteiger partial charge is 0.227 e. The van der Waals surface area contributed by atoms with Crippen LogP contribution in [-0.4, -0.2) is 44.5 Å². The quantitative estimate of drug-likeness (QED) is 0.830. The molecule has 1 amide bonds. The number of halogens is 2. The Morgan fingerprint density at radius 1 is 1.27 bits per heavy atom. The molecule has 2 N–H and O–H groups in total. The zero-order chi connectivity index (χ0) is 14.5. The number of benzene rings is 1. The normalized spacial score (nSPS) is 15.3. The van der Waals surface area contributed by atoms with Gasteiger partial charge in [0.1, 0.15) is 0 Å². The van der Waals surface area contributed by atoms with Gasteiger partial charge in [-0.15, -0.1) is 24.8 Å². The number of likely N-dealkylation sites (N-methyl/N-ethyl adjacent to an activating group) is 1. The number of nitrogens with zero attached hydrogens (tertiary/aromatic N) is 1. The standard InChI is InChI=1S/C16H25N3O.2ClH/c1-12(14-10-17-11-14)16(20)18-15-6-4-13(5-7-15)8-9-19(2)3;;/h4-7,12,14,17H,8-11H2,1-3H3,(H,18,20);2*1H. The second-order valence-corrected chi connectivity index (χ2v) is 5.95. The molecule has 1 aromatic carbocycles. The van der Waals surface area contributed by atoms with Crippen molar-refractivity contribution in [2.75, 3.05) is 39.0 Å². The van der Waals surface area contributed by atoms with Gasteiger partial charge >= 0.3 is 0 Å². The number of rotatable bonds is 6. The second kappa shape index (κ2) is 10.1. The molecule has 0 aliphatic carbocycles. The van der Waals surface area contributed by atoms with Gasteiger partial charge in [-0.3, -0.25) is 4.79 Å². The Labute approximate surface area is 145 Å². The lowest BCUT2D eigenvalue weighted by molar-refractivity contribution is -0.121. The Morgan fingerprint density at radius 3 is 2.32 bits per heavy atom. The number of carbonyl (C=O) groups excluding carboxylic acids is 1. The molecule has 0 aromatic heterocycles. The van der Waals surface area contributed by atoms with E-state index in [9.17, 15) is 4.79 Å². The molecule has 0 bridgehead atoms. The van der Waals surface area contributed by atoms with Crippen LogP contribution in [0.15, 0.2) is 24.3 Å². The second-order valence-electron chi connectivity index (χ2n) is 5.95. The highest BCUT2D eigenvalue weighted by Gasteiger charge is 2.28. The summed E-state index contributed by atoms with van der Waals surface area (Å²) in [5, 5.41) is 6.21. The molecule has 1 unspecified atom stereocenters. The summed E-state index contributed by atoms with van der Waals surface area (Å²) >= 11 is 0. The van der Waals surface area contributed by atoms with Crippen molar-refractivity contribution in [1.82, 2.24) is 10.2 Å². The maximum Gasteiger partial charge on any atom is 0.227 e. The lowest BCUT2D eigenvalue weighted by Crippen LogP contribution is -2.48. The summed E-state index contributed by atoms with van der Waals surface area (Å²) in [6.07, 6.45) is 1.03. The summed E-state index contributed by atoms with van der Waals surface area (Å²) in [6, 6.07) is 8.17. The number of anilines is 1. The van der Waals surface area contributed by atoms with Crippen LogP contribution >= 0.6 is 24.8 Å². The molecule has 6 heteroatoms. The Hall–Kier alpha value is -0.810. The summed E-state index contributed by atoms with van der Waals surface area (Å²) in [4.78, 5) is 14.3. The molecule has 1 atom stereocenters. The average Bonchev–Trinajstić information content (AvgIpc) is 2.35. The van der Waals surface area contributed by atoms with Crippen molar-refractivity contribution in [3.05, 3.63) is 29.8 Å². The van der Waals surface area contributed by atoms with Gasteiger partial charge in [-0.2, -0.15) is 0 Å². The Balaban J connectivity index is 0.00000220. The largest absolute Gasteiger partial charge is 0.326 e. The zero-order valence-electron chi connectivity index (χ0n) is 13.5. The Bertz CT molecular complexity index is 447. The first-order valence-corrected chi connectivity index (χ1v) is 7.31. The first-order valence-electron chi connectivity index (χ1n) is 7.31. The van der Waals surface area contributed by atoms with Gasteiger partial charge in [0.15, 0.2) is 0 Å². The van der Waals surface area contributed by atoms with Crippen LogP contribution in [-0.2, 0) is 11.2 Å². The van der Waals surface area contributed by atoms with Crippen molar-refractivity contribution in [1.29, 1.82) is 0 Å². The van der Waals surface area contributed by atoms with Crippen molar-refractivity contribution < 1.29 is 4.79 Å². The van der Waals surface area contributed by atoms with Crippen LogP contribution in [0.25, 0.3) is 0 Å². The molecule has 22 heavy (non-hydrogen) atoms. The highest BCUT2D eigenvalue weighted by atomic mass is 35.5. The molecular weight excluding hydrogens is 321 g/mol. The van der Waals surface area contributed by atoms with Crippen LogP contribution in [0.4, 0.5) is 5.69 Å². The van der Waals surface area contributed by atoms with Crippen LogP contribution in [0.1, 0.15) is 12.5 Å². The third-order valence-electron chi connectivity index (χ3n) is 4.00. The van der Waals surface area contributed by atoms with E-state index in [1.165, 1.54) is 5.56 Å². The fourth-order valence-electron chi connectivity index (χ4n) is 2.24. The van der Waals surface area contributed by atoms with Gasteiger partial charge in [-0.25, -0.2) is 0 Å². The summed E-state index contributed by atoms with van der Waals surface area (Å²) in [6.45, 7) is 4.96. The predicted molar refractivity (Wildman–Crippen MR) is 97.3 cm³/mol. The number of nitrogens with one attached hydrogen (secondary N) is 2. The Kier molecular flexibility index (Phi) is 9.69. The van der Waals surface area contributed by atoms with E-state index in [0.29, 0.717) is 5.92 Å². The van der Waals surface area contributed by atoms with E-state index in [2.05, 4.69) is 41.8 Å². The van der Waals surface area contributed by atoms with E-state index in [1.54, 1.807) is 0 Å². The molecule has 126 valence electrons. The van der Waals surface area contributed by atoms with E-state index in [4.69, 9.17) is 0 Å². The average molecular weight is 348 g/mol. The molecular formula is C16H27Cl2N3O. The Morgan fingerprint density at radius 2 is 1.86 bits per heavy atom. The summed E-state index contributed by atoms with van der Waals surface area (Å²) in [7, 11) is 4.15. The van der Waals surface area contributed by atoms with Crippen LogP contribution in [0.3, 0.4) is 0 Å². The van der Waals surface area contributed by atoms with Gasteiger partial charge in [-0.05, 0) is 57.2 Å². The molecule has 4 nitrogen and oxygen atoms in total. The van der Waals surface area contributed by atoms with Gasteiger partial charge < -0.3 is 15.5 Å². The van der Waals surface area contributed by atoms with E-state index >= 15 is 0 Å². The van der Waals surface area contributed by atoms with Gasteiger partial charge in [0.25, 0.3) is 0 Å². The molecule has 0 radical (unpaired) electrons. The number of carbonyl (C=O) groups is 1. The summed E-state index contributed by atoms with van der Waals surface area (Å²) in [5.41, 5.74) is 2.19. The van der Waals surface area contributed by atoms with Gasteiger partial charge in [0.05, 0.1) is 0 Å². The fraction of sp³-hybridized carbons (Fsp3) is 0.562. The molecule has 1 aliphatic rings. The highest BCUT2D eigenvalue weighted by Crippen LogP contribution is 2.18. The van der Waals surface area contributed by atoms with Crippen LogP contribution in [0.2, 0.25) is 0 Å². The molecule has 1 aromatic rings. The fourth-order valence-corrected chi connectivity index (χ4v) is 2.24. The van der Waals surface area contributed by atoms with E-state index in [0.717, 1.165) is 31.7 Å². The van der Waals surface area contributed by atoms with Crippen LogP contribution in [0, 0.1) is 11.8 Å². The maximum atomic E-state index is 12.1. The lowest BCUT2D eigenvalue weighted by Gasteiger charge is -2.31. The molecule has 0 saturated carbocycles. The SMILES string of the molecule is CC(C(=O)Nc1ccc(CCN(C)C)cc1)C1CNC1.Cl.Cl. The molecule has 2 rings (SSSR count). The number of hydrogen-bond acceptors (Lipinski definition) is 3. The van der Waals surface area contributed by atoms with Crippen molar-refractivity contribution in [2.24, 2.45) is 11.8 Å². The summed E-state index contributed by atoms with van der Waals surface area (Å²) < 4.78 is 0. The monoisotopic (exact) mass is 347 g/mol.